The number of hydrogen-bond donors (Lipinski definition) is 2. The molecule has 5 nitrogen and oxygen atoms in total. The minimum atomic E-state index is 0.0324. The monoisotopic (exact) mass is 244 g/mol. The van der Waals surface area contributed by atoms with Gasteiger partial charge in [0.15, 0.2) is 0 Å². The van der Waals surface area contributed by atoms with Gasteiger partial charge in [-0.05, 0) is 19.3 Å². The Hall–Kier alpha value is -0.650. The Morgan fingerprint density at radius 1 is 1.53 bits per heavy atom. The fourth-order valence-corrected chi connectivity index (χ4v) is 2.05. The largest absolute Gasteiger partial charge is 0.380 e. The summed E-state index contributed by atoms with van der Waals surface area (Å²) >= 11 is 0. The second kappa shape index (κ2) is 8.44. The highest BCUT2D eigenvalue weighted by molar-refractivity contribution is 5.79. The number of ether oxygens (including phenoxy) is 2. The first-order valence-corrected chi connectivity index (χ1v) is 6.46. The van der Waals surface area contributed by atoms with Crippen molar-refractivity contribution in [1.82, 2.24) is 5.32 Å². The molecule has 0 spiro atoms. The van der Waals surface area contributed by atoms with Crippen molar-refractivity contribution in [2.45, 2.75) is 32.3 Å². The highest BCUT2D eigenvalue weighted by Crippen LogP contribution is 2.23. The summed E-state index contributed by atoms with van der Waals surface area (Å²) in [7, 11) is 0. The molecule has 17 heavy (non-hydrogen) atoms. The van der Waals surface area contributed by atoms with Gasteiger partial charge < -0.3 is 20.5 Å². The number of carbonyl (C=O) groups is 1. The second-order valence-corrected chi connectivity index (χ2v) is 4.26. The summed E-state index contributed by atoms with van der Waals surface area (Å²) in [6.07, 6.45) is 2.67. The molecule has 3 N–H and O–H groups in total. The van der Waals surface area contributed by atoms with Crippen LogP contribution in [0.2, 0.25) is 0 Å². The zero-order valence-electron chi connectivity index (χ0n) is 10.6. The van der Waals surface area contributed by atoms with E-state index in [0.717, 1.165) is 19.3 Å². The van der Waals surface area contributed by atoms with Crippen LogP contribution in [0.3, 0.4) is 0 Å². The van der Waals surface area contributed by atoms with Crippen molar-refractivity contribution in [2.24, 2.45) is 11.7 Å². The highest BCUT2D eigenvalue weighted by atomic mass is 16.5. The lowest BCUT2D eigenvalue weighted by Gasteiger charge is -2.16. The first kappa shape index (κ1) is 14.4. The van der Waals surface area contributed by atoms with Gasteiger partial charge in [-0.1, -0.05) is 6.92 Å². The van der Waals surface area contributed by atoms with E-state index in [-0.39, 0.29) is 17.9 Å². The van der Waals surface area contributed by atoms with Gasteiger partial charge in [0.2, 0.25) is 5.91 Å². The van der Waals surface area contributed by atoms with Crippen molar-refractivity contribution in [3.63, 3.8) is 0 Å². The smallest absolute Gasteiger partial charge is 0.225 e. The Labute approximate surface area is 103 Å². The molecule has 1 heterocycles. The highest BCUT2D eigenvalue weighted by Gasteiger charge is 2.32. The molecule has 0 radical (unpaired) electrons. The minimum absolute atomic E-state index is 0.0324. The van der Waals surface area contributed by atoms with Crippen LogP contribution in [0.1, 0.15) is 26.2 Å². The summed E-state index contributed by atoms with van der Waals surface area (Å²) in [6.45, 7) is 5.20. The molecule has 0 aliphatic carbocycles. The van der Waals surface area contributed by atoms with Gasteiger partial charge >= 0.3 is 0 Å². The van der Waals surface area contributed by atoms with Gasteiger partial charge in [-0.2, -0.15) is 0 Å². The van der Waals surface area contributed by atoms with E-state index in [1.54, 1.807) is 0 Å². The zero-order valence-corrected chi connectivity index (χ0v) is 10.6. The summed E-state index contributed by atoms with van der Waals surface area (Å²) in [5, 5.41) is 2.94. The lowest BCUT2D eigenvalue weighted by Crippen LogP contribution is -2.35. The van der Waals surface area contributed by atoms with Crippen LogP contribution < -0.4 is 11.1 Å². The van der Waals surface area contributed by atoms with Gasteiger partial charge in [0.1, 0.15) is 0 Å². The molecule has 1 rings (SSSR count). The average Bonchev–Trinajstić information content (AvgIpc) is 2.81. The van der Waals surface area contributed by atoms with Crippen LogP contribution in [0.4, 0.5) is 0 Å². The standard InChI is InChI=1S/C12H24N2O3/c1-2-11-10(4-8-17-11)12(15)14-6-3-7-16-9-5-13/h10-11H,2-9,13H2,1H3,(H,14,15). The van der Waals surface area contributed by atoms with Crippen molar-refractivity contribution < 1.29 is 14.3 Å². The summed E-state index contributed by atoms with van der Waals surface area (Å²) in [5.74, 6) is 0.151. The summed E-state index contributed by atoms with van der Waals surface area (Å²) < 4.78 is 10.7. The van der Waals surface area contributed by atoms with Crippen molar-refractivity contribution >= 4 is 5.91 Å². The molecular formula is C12H24N2O3. The molecule has 2 atom stereocenters. The number of amides is 1. The molecule has 0 bridgehead atoms. The van der Waals surface area contributed by atoms with Crippen molar-refractivity contribution in [3.8, 4) is 0 Å². The predicted molar refractivity (Wildman–Crippen MR) is 65.6 cm³/mol. The van der Waals surface area contributed by atoms with Crippen LogP contribution in [0, 0.1) is 5.92 Å². The molecule has 0 aromatic carbocycles. The van der Waals surface area contributed by atoms with Crippen molar-refractivity contribution in [3.05, 3.63) is 0 Å². The maximum atomic E-state index is 11.9. The van der Waals surface area contributed by atoms with E-state index in [0.29, 0.717) is 32.9 Å². The van der Waals surface area contributed by atoms with Gasteiger partial charge in [-0.15, -0.1) is 0 Å². The van der Waals surface area contributed by atoms with Gasteiger partial charge in [-0.25, -0.2) is 0 Å². The molecule has 0 aromatic heterocycles. The number of nitrogens with one attached hydrogen (secondary N) is 1. The van der Waals surface area contributed by atoms with Crippen molar-refractivity contribution in [1.29, 1.82) is 0 Å². The van der Waals surface area contributed by atoms with Gasteiger partial charge in [0.05, 0.1) is 18.6 Å². The number of hydrogen-bond acceptors (Lipinski definition) is 4. The molecule has 1 aliphatic heterocycles. The van der Waals surface area contributed by atoms with Crippen LogP contribution in [-0.4, -0.2) is 44.9 Å². The third-order valence-electron chi connectivity index (χ3n) is 2.98. The molecule has 0 aromatic rings. The molecule has 5 heteroatoms. The Morgan fingerprint density at radius 2 is 2.35 bits per heavy atom. The van der Waals surface area contributed by atoms with Crippen LogP contribution >= 0.6 is 0 Å². The minimum Gasteiger partial charge on any atom is -0.380 e. The zero-order chi connectivity index (χ0) is 12.5. The topological polar surface area (TPSA) is 73.6 Å². The number of carbonyl (C=O) groups excluding carboxylic acids is 1. The molecule has 1 saturated heterocycles. The molecular weight excluding hydrogens is 220 g/mol. The van der Waals surface area contributed by atoms with Crippen LogP contribution in [0.25, 0.3) is 0 Å². The van der Waals surface area contributed by atoms with Gasteiger partial charge in [0, 0.05) is 26.3 Å². The van der Waals surface area contributed by atoms with E-state index >= 15 is 0 Å². The summed E-state index contributed by atoms with van der Waals surface area (Å²) in [6, 6.07) is 0. The third-order valence-corrected chi connectivity index (χ3v) is 2.98. The summed E-state index contributed by atoms with van der Waals surface area (Å²) in [5.41, 5.74) is 5.30. The molecule has 2 unspecified atom stereocenters. The maximum Gasteiger partial charge on any atom is 0.225 e. The average molecular weight is 244 g/mol. The Morgan fingerprint density at radius 3 is 3.06 bits per heavy atom. The first-order chi connectivity index (χ1) is 8.29. The summed E-state index contributed by atoms with van der Waals surface area (Å²) in [4.78, 5) is 11.9. The Bertz CT molecular complexity index is 224. The van der Waals surface area contributed by atoms with Crippen LogP contribution in [-0.2, 0) is 14.3 Å². The molecule has 1 aliphatic rings. The SMILES string of the molecule is CCC1OCCC1C(=O)NCCCOCCN. The van der Waals surface area contributed by atoms with E-state index in [2.05, 4.69) is 12.2 Å². The third kappa shape index (κ3) is 5.02. The lowest BCUT2D eigenvalue weighted by molar-refractivity contribution is -0.126. The van der Waals surface area contributed by atoms with Crippen LogP contribution in [0.15, 0.2) is 0 Å². The van der Waals surface area contributed by atoms with E-state index < -0.39 is 0 Å². The Balaban J connectivity index is 2.08. The normalized spacial score (nSPS) is 23.9. The van der Waals surface area contributed by atoms with E-state index in [9.17, 15) is 4.79 Å². The van der Waals surface area contributed by atoms with E-state index in [1.165, 1.54) is 0 Å². The Kier molecular flexibility index (Phi) is 7.16. The number of nitrogens with two attached hydrogens (primary N) is 1. The first-order valence-electron chi connectivity index (χ1n) is 6.46. The lowest BCUT2D eigenvalue weighted by atomic mass is 9.99. The van der Waals surface area contributed by atoms with Crippen molar-refractivity contribution in [2.75, 3.05) is 32.9 Å². The van der Waals surface area contributed by atoms with E-state index in [4.69, 9.17) is 15.2 Å². The molecule has 0 saturated carbocycles. The quantitative estimate of drug-likeness (QED) is 0.602. The molecule has 100 valence electrons. The fraction of sp³-hybridized carbons (Fsp3) is 0.917. The second-order valence-electron chi connectivity index (χ2n) is 4.26. The van der Waals surface area contributed by atoms with Crippen LogP contribution in [0.5, 0.6) is 0 Å². The van der Waals surface area contributed by atoms with E-state index in [1.807, 2.05) is 0 Å². The predicted octanol–water partition coefficient (Wildman–Crippen LogP) is 0.283. The maximum absolute atomic E-state index is 11.9. The molecule has 1 fully saturated rings. The fourth-order valence-electron chi connectivity index (χ4n) is 2.05. The van der Waals surface area contributed by atoms with Gasteiger partial charge in [0.25, 0.3) is 0 Å². The molecule has 1 amide bonds. The van der Waals surface area contributed by atoms with Gasteiger partial charge in [-0.3, -0.25) is 4.79 Å². The number of rotatable bonds is 8.